The fourth-order valence-electron chi connectivity index (χ4n) is 1.67. The predicted molar refractivity (Wildman–Crippen MR) is 70.5 cm³/mol. The van der Waals surface area contributed by atoms with E-state index in [1.165, 1.54) is 6.26 Å². The Kier molecular flexibility index (Phi) is 6.27. The van der Waals surface area contributed by atoms with Crippen molar-refractivity contribution in [3.63, 3.8) is 0 Å². The Morgan fingerprint density at radius 2 is 2.06 bits per heavy atom. The molecular weight excluding hydrogens is 240 g/mol. The summed E-state index contributed by atoms with van der Waals surface area (Å²) >= 11 is 0. The summed E-state index contributed by atoms with van der Waals surface area (Å²) in [6.45, 7) is 6.32. The van der Waals surface area contributed by atoms with Crippen LogP contribution in [0, 0.1) is 6.92 Å². The minimum Gasteiger partial charge on any atom is -0.459 e. The lowest BCUT2D eigenvalue weighted by molar-refractivity contribution is 0.0865. The lowest BCUT2D eigenvalue weighted by Gasteiger charge is -2.31. The van der Waals surface area contributed by atoms with Crippen molar-refractivity contribution >= 4 is 18.3 Å². The SMILES string of the molecule is CCC(CC)(CN)NC(=O)c1occc1C.Cl. The van der Waals surface area contributed by atoms with Crippen LogP contribution >= 0.6 is 12.4 Å². The number of carbonyl (C=O) groups excluding carboxylic acids is 1. The molecular formula is C12H21ClN2O2. The molecule has 3 N–H and O–H groups in total. The van der Waals surface area contributed by atoms with E-state index < -0.39 is 0 Å². The van der Waals surface area contributed by atoms with E-state index in [9.17, 15) is 4.79 Å². The van der Waals surface area contributed by atoms with E-state index in [1.54, 1.807) is 6.07 Å². The number of amides is 1. The van der Waals surface area contributed by atoms with Gasteiger partial charge in [0, 0.05) is 12.1 Å². The molecule has 4 nitrogen and oxygen atoms in total. The predicted octanol–water partition coefficient (Wildman–Crippen LogP) is 2.26. The molecule has 1 heterocycles. The number of nitrogens with two attached hydrogens (primary N) is 1. The molecule has 98 valence electrons. The maximum Gasteiger partial charge on any atom is 0.287 e. The summed E-state index contributed by atoms with van der Waals surface area (Å²) in [6.07, 6.45) is 3.14. The number of rotatable bonds is 5. The van der Waals surface area contributed by atoms with Gasteiger partial charge in [0.15, 0.2) is 5.76 Å². The average molecular weight is 261 g/mol. The Morgan fingerprint density at radius 1 is 1.47 bits per heavy atom. The minimum atomic E-state index is -0.323. The van der Waals surface area contributed by atoms with E-state index in [0.717, 1.165) is 18.4 Å². The Morgan fingerprint density at radius 3 is 2.41 bits per heavy atom. The fourth-order valence-corrected chi connectivity index (χ4v) is 1.67. The molecule has 1 rings (SSSR count). The van der Waals surface area contributed by atoms with Crippen molar-refractivity contribution in [2.75, 3.05) is 6.54 Å². The van der Waals surface area contributed by atoms with E-state index in [4.69, 9.17) is 10.2 Å². The Labute approximate surface area is 108 Å². The second-order valence-electron chi connectivity index (χ2n) is 4.08. The van der Waals surface area contributed by atoms with Gasteiger partial charge in [-0.3, -0.25) is 4.79 Å². The standard InChI is InChI=1S/C12H20N2O2.ClH/c1-4-12(5-2,8-13)14-11(15)10-9(3)6-7-16-10;/h6-7H,4-5,8,13H2,1-3H3,(H,14,15);1H. The second kappa shape index (κ2) is 6.67. The van der Waals surface area contributed by atoms with E-state index in [-0.39, 0.29) is 23.9 Å². The highest BCUT2D eigenvalue weighted by Gasteiger charge is 2.28. The highest BCUT2D eigenvalue weighted by molar-refractivity contribution is 5.93. The van der Waals surface area contributed by atoms with Crippen molar-refractivity contribution in [3.05, 3.63) is 23.7 Å². The molecule has 17 heavy (non-hydrogen) atoms. The molecule has 5 heteroatoms. The third kappa shape index (κ3) is 3.48. The highest BCUT2D eigenvalue weighted by atomic mass is 35.5. The first-order valence-electron chi connectivity index (χ1n) is 5.65. The molecule has 1 amide bonds. The zero-order valence-corrected chi connectivity index (χ0v) is 11.4. The van der Waals surface area contributed by atoms with Crippen molar-refractivity contribution in [1.29, 1.82) is 0 Å². The molecule has 0 aliphatic carbocycles. The highest BCUT2D eigenvalue weighted by Crippen LogP contribution is 2.16. The summed E-state index contributed by atoms with van der Waals surface area (Å²) in [4.78, 5) is 12.0. The molecule has 0 unspecified atom stereocenters. The summed E-state index contributed by atoms with van der Waals surface area (Å²) in [5.74, 6) is 0.191. The van der Waals surface area contributed by atoms with Gasteiger partial charge in [0.05, 0.1) is 11.8 Å². The third-order valence-corrected chi connectivity index (χ3v) is 3.19. The van der Waals surface area contributed by atoms with E-state index in [1.807, 2.05) is 20.8 Å². The van der Waals surface area contributed by atoms with Gasteiger partial charge in [-0.05, 0) is 25.8 Å². The van der Waals surface area contributed by atoms with E-state index in [2.05, 4.69) is 5.32 Å². The lowest BCUT2D eigenvalue weighted by atomic mass is 9.92. The minimum absolute atomic E-state index is 0. The Hall–Kier alpha value is -1.00. The molecule has 1 aromatic rings. The van der Waals surface area contributed by atoms with Gasteiger partial charge in [-0.25, -0.2) is 0 Å². The van der Waals surface area contributed by atoms with Gasteiger partial charge in [-0.2, -0.15) is 0 Å². The summed E-state index contributed by atoms with van der Waals surface area (Å²) in [5, 5.41) is 2.97. The van der Waals surface area contributed by atoms with Crippen LogP contribution in [0.5, 0.6) is 0 Å². The summed E-state index contributed by atoms with van der Waals surface area (Å²) < 4.78 is 5.15. The van der Waals surface area contributed by atoms with Crippen LogP contribution in [0.1, 0.15) is 42.8 Å². The average Bonchev–Trinajstić information content (AvgIpc) is 2.72. The summed E-state index contributed by atoms with van der Waals surface area (Å²) in [5.41, 5.74) is 6.24. The molecule has 0 aliphatic heterocycles. The van der Waals surface area contributed by atoms with Crippen LogP contribution in [0.15, 0.2) is 16.7 Å². The molecule has 0 fully saturated rings. The third-order valence-electron chi connectivity index (χ3n) is 3.19. The maximum absolute atomic E-state index is 12.0. The van der Waals surface area contributed by atoms with Crippen molar-refractivity contribution < 1.29 is 9.21 Å². The van der Waals surface area contributed by atoms with Crippen LogP contribution in [0.4, 0.5) is 0 Å². The maximum atomic E-state index is 12.0. The van der Waals surface area contributed by atoms with Crippen molar-refractivity contribution in [1.82, 2.24) is 5.32 Å². The number of halogens is 1. The zero-order valence-electron chi connectivity index (χ0n) is 10.6. The molecule has 0 spiro atoms. The summed E-state index contributed by atoms with van der Waals surface area (Å²) in [6, 6.07) is 1.77. The van der Waals surface area contributed by atoms with Crippen LogP contribution in [0.3, 0.4) is 0 Å². The Bertz CT molecular complexity index is 351. The number of carbonyl (C=O) groups is 1. The van der Waals surface area contributed by atoms with Crippen molar-refractivity contribution in [2.24, 2.45) is 5.73 Å². The van der Waals surface area contributed by atoms with Gasteiger partial charge in [0.1, 0.15) is 0 Å². The molecule has 1 aromatic heterocycles. The Balaban J connectivity index is 0.00000256. The van der Waals surface area contributed by atoms with Crippen LogP contribution in [0.2, 0.25) is 0 Å². The van der Waals surface area contributed by atoms with Crippen LogP contribution in [-0.4, -0.2) is 18.0 Å². The molecule has 0 radical (unpaired) electrons. The first-order chi connectivity index (χ1) is 7.58. The van der Waals surface area contributed by atoms with Crippen LogP contribution < -0.4 is 11.1 Å². The number of hydrogen-bond acceptors (Lipinski definition) is 3. The van der Waals surface area contributed by atoms with Gasteiger partial charge < -0.3 is 15.5 Å². The second-order valence-corrected chi connectivity index (χ2v) is 4.08. The van der Waals surface area contributed by atoms with Gasteiger partial charge in [0.2, 0.25) is 0 Å². The van der Waals surface area contributed by atoms with Gasteiger partial charge in [0.25, 0.3) is 5.91 Å². The molecule has 0 saturated heterocycles. The quantitative estimate of drug-likeness (QED) is 0.853. The fraction of sp³-hybridized carbons (Fsp3) is 0.583. The molecule has 0 aliphatic rings. The summed E-state index contributed by atoms with van der Waals surface area (Å²) in [7, 11) is 0. The van der Waals surface area contributed by atoms with Crippen LogP contribution in [0.25, 0.3) is 0 Å². The zero-order chi connectivity index (χ0) is 12.2. The number of aryl methyl sites for hydroxylation is 1. The number of hydrogen-bond donors (Lipinski definition) is 2. The number of furan rings is 1. The van der Waals surface area contributed by atoms with Gasteiger partial charge in [-0.15, -0.1) is 12.4 Å². The lowest BCUT2D eigenvalue weighted by Crippen LogP contribution is -2.52. The van der Waals surface area contributed by atoms with Crippen molar-refractivity contribution in [3.8, 4) is 0 Å². The monoisotopic (exact) mass is 260 g/mol. The van der Waals surface area contributed by atoms with Crippen LogP contribution in [-0.2, 0) is 0 Å². The first kappa shape index (κ1) is 16.0. The van der Waals surface area contributed by atoms with Gasteiger partial charge >= 0.3 is 0 Å². The van der Waals surface area contributed by atoms with Gasteiger partial charge in [-0.1, -0.05) is 13.8 Å². The topological polar surface area (TPSA) is 68.3 Å². The van der Waals surface area contributed by atoms with Crippen molar-refractivity contribution in [2.45, 2.75) is 39.2 Å². The molecule has 0 saturated carbocycles. The van der Waals surface area contributed by atoms with E-state index >= 15 is 0 Å². The number of nitrogens with one attached hydrogen (secondary N) is 1. The molecule has 0 aromatic carbocycles. The van der Waals surface area contributed by atoms with E-state index in [0.29, 0.717) is 12.3 Å². The molecule has 0 bridgehead atoms. The largest absolute Gasteiger partial charge is 0.459 e. The smallest absolute Gasteiger partial charge is 0.287 e. The normalized spacial score (nSPS) is 10.8. The first-order valence-corrected chi connectivity index (χ1v) is 5.65. The molecule has 0 atom stereocenters.